The number of hydrogen-bond donors (Lipinski definition) is 0. The molecule has 2 aromatic heterocycles. The van der Waals surface area contributed by atoms with Gasteiger partial charge in [0.05, 0.1) is 11.0 Å². The summed E-state index contributed by atoms with van der Waals surface area (Å²) in [6.07, 6.45) is 0. The molecule has 0 unspecified atom stereocenters. The van der Waals surface area contributed by atoms with Crippen molar-refractivity contribution in [2.75, 3.05) is 0 Å². The predicted molar refractivity (Wildman–Crippen MR) is 155 cm³/mol. The number of benzene rings is 5. The normalized spacial score (nSPS) is 11.8. The standard InChI is InChI=1S/C30H17Br2NS/c31-20-13-19(14-21(32)16-20)18-9-11-24-23-5-1-3-7-27(23)33(28(24)15-18)22-10-12-30-26(17-22)25-6-2-4-8-29(25)34-30/h1-17H. The topological polar surface area (TPSA) is 4.93 Å². The molecule has 0 saturated carbocycles. The third-order valence-electron chi connectivity index (χ3n) is 6.49. The van der Waals surface area contributed by atoms with Crippen molar-refractivity contribution in [1.82, 2.24) is 4.57 Å². The molecule has 34 heavy (non-hydrogen) atoms. The van der Waals surface area contributed by atoms with Crippen molar-refractivity contribution in [2.24, 2.45) is 0 Å². The van der Waals surface area contributed by atoms with E-state index in [-0.39, 0.29) is 0 Å². The molecular formula is C30H17Br2NS. The third kappa shape index (κ3) is 3.17. The summed E-state index contributed by atoms with van der Waals surface area (Å²) in [5, 5.41) is 5.18. The summed E-state index contributed by atoms with van der Waals surface area (Å²) in [6.45, 7) is 0. The lowest BCUT2D eigenvalue weighted by Crippen LogP contribution is -1.93. The van der Waals surface area contributed by atoms with Crippen LogP contribution in [0.3, 0.4) is 0 Å². The molecule has 7 aromatic rings. The Balaban J connectivity index is 1.55. The Labute approximate surface area is 217 Å². The van der Waals surface area contributed by atoms with Gasteiger partial charge < -0.3 is 4.57 Å². The van der Waals surface area contributed by atoms with Gasteiger partial charge in [-0.05, 0) is 65.7 Å². The van der Waals surface area contributed by atoms with E-state index in [1.807, 2.05) is 11.3 Å². The van der Waals surface area contributed by atoms with E-state index >= 15 is 0 Å². The largest absolute Gasteiger partial charge is 0.309 e. The molecule has 0 radical (unpaired) electrons. The summed E-state index contributed by atoms with van der Waals surface area (Å²) in [5.74, 6) is 0. The lowest BCUT2D eigenvalue weighted by molar-refractivity contribution is 1.19. The van der Waals surface area contributed by atoms with Crippen LogP contribution in [0.2, 0.25) is 0 Å². The molecule has 5 aromatic carbocycles. The number of hydrogen-bond acceptors (Lipinski definition) is 1. The fraction of sp³-hybridized carbons (Fsp3) is 0. The van der Waals surface area contributed by atoms with E-state index in [0.717, 1.165) is 8.95 Å². The highest BCUT2D eigenvalue weighted by atomic mass is 79.9. The smallest absolute Gasteiger partial charge is 0.0547 e. The van der Waals surface area contributed by atoms with Gasteiger partial charge in [-0.3, -0.25) is 0 Å². The number of nitrogens with zero attached hydrogens (tertiary/aromatic N) is 1. The zero-order valence-electron chi connectivity index (χ0n) is 17.9. The Morgan fingerprint density at radius 3 is 2.06 bits per heavy atom. The zero-order valence-corrected chi connectivity index (χ0v) is 21.9. The van der Waals surface area contributed by atoms with E-state index in [0.29, 0.717) is 0 Å². The molecule has 0 aliphatic carbocycles. The van der Waals surface area contributed by atoms with Crippen molar-refractivity contribution in [3.8, 4) is 16.8 Å². The fourth-order valence-corrected chi connectivity index (χ4v) is 7.38. The number of halogens is 2. The fourth-order valence-electron chi connectivity index (χ4n) is 5.00. The summed E-state index contributed by atoms with van der Waals surface area (Å²) in [4.78, 5) is 0. The monoisotopic (exact) mass is 581 g/mol. The minimum Gasteiger partial charge on any atom is -0.309 e. The average Bonchev–Trinajstić information content (AvgIpc) is 3.38. The summed E-state index contributed by atoms with van der Waals surface area (Å²) in [7, 11) is 0. The second-order valence-electron chi connectivity index (χ2n) is 8.52. The summed E-state index contributed by atoms with van der Waals surface area (Å²) >= 11 is 9.15. The van der Waals surface area contributed by atoms with Gasteiger partial charge in [0.25, 0.3) is 0 Å². The Morgan fingerprint density at radius 1 is 0.500 bits per heavy atom. The van der Waals surface area contributed by atoms with Crippen molar-refractivity contribution in [3.05, 3.63) is 112 Å². The van der Waals surface area contributed by atoms with Crippen LogP contribution in [0, 0.1) is 0 Å². The average molecular weight is 583 g/mol. The lowest BCUT2D eigenvalue weighted by Gasteiger charge is -2.10. The van der Waals surface area contributed by atoms with Gasteiger partial charge in [0.15, 0.2) is 0 Å². The van der Waals surface area contributed by atoms with Crippen LogP contribution in [0.5, 0.6) is 0 Å². The van der Waals surface area contributed by atoms with Crippen LogP contribution in [-0.4, -0.2) is 4.57 Å². The van der Waals surface area contributed by atoms with Crippen LogP contribution in [0.25, 0.3) is 58.8 Å². The molecule has 0 N–H and O–H groups in total. The van der Waals surface area contributed by atoms with Crippen LogP contribution in [0.4, 0.5) is 0 Å². The van der Waals surface area contributed by atoms with Gasteiger partial charge in [-0.2, -0.15) is 0 Å². The van der Waals surface area contributed by atoms with Gasteiger partial charge in [0, 0.05) is 45.6 Å². The minimum absolute atomic E-state index is 1.06. The Bertz CT molecular complexity index is 1870. The van der Waals surface area contributed by atoms with E-state index in [1.165, 1.54) is 58.8 Å². The highest BCUT2D eigenvalue weighted by molar-refractivity contribution is 9.11. The van der Waals surface area contributed by atoms with Crippen LogP contribution in [0.15, 0.2) is 112 Å². The molecule has 0 amide bonds. The molecule has 2 heterocycles. The van der Waals surface area contributed by atoms with Crippen molar-refractivity contribution in [3.63, 3.8) is 0 Å². The quantitative estimate of drug-likeness (QED) is 0.191. The maximum atomic E-state index is 3.64. The molecule has 0 atom stereocenters. The van der Waals surface area contributed by atoms with Crippen LogP contribution >= 0.6 is 43.2 Å². The molecular weight excluding hydrogens is 566 g/mol. The highest BCUT2D eigenvalue weighted by Crippen LogP contribution is 2.39. The van der Waals surface area contributed by atoms with Crippen molar-refractivity contribution >= 4 is 85.2 Å². The first-order valence-electron chi connectivity index (χ1n) is 11.1. The molecule has 0 bridgehead atoms. The van der Waals surface area contributed by atoms with Crippen LogP contribution in [0.1, 0.15) is 0 Å². The number of para-hydroxylation sites is 1. The van der Waals surface area contributed by atoms with Gasteiger partial charge >= 0.3 is 0 Å². The lowest BCUT2D eigenvalue weighted by atomic mass is 10.0. The molecule has 0 aliphatic rings. The molecule has 4 heteroatoms. The highest BCUT2D eigenvalue weighted by Gasteiger charge is 2.15. The number of aromatic nitrogens is 1. The molecule has 0 spiro atoms. The van der Waals surface area contributed by atoms with E-state index in [4.69, 9.17) is 0 Å². The second-order valence-corrected chi connectivity index (χ2v) is 11.4. The summed E-state index contributed by atoms with van der Waals surface area (Å²) < 4.78 is 7.19. The first-order chi connectivity index (χ1) is 16.7. The van der Waals surface area contributed by atoms with Gasteiger partial charge in [0.1, 0.15) is 0 Å². The van der Waals surface area contributed by atoms with E-state index in [1.54, 1.807) is 0 Å². The van der Waals surface area contributed by atoms with Gasteiger partial charge in [-0.1, -0.05) is 80.4 Å². The van der Waals surface area contributed by atoms with E-state index < -0.39 is 0 Å². The van der Waals surface area contributed by atoms with E-state index in [2.05, 4.69) is 140 Å². The SMILES string of the molecule is Brc1cc(Br)cc(-c2ccc3c4ccccc4n(-c4ccc5sc6ccccc6c5c4)c3c2)c1. The predicted octanol–water partition coefficient (Wildman–Crippen LogP) is 10.3. The summed E-state index contributed by atoms with van der Waals surface area (Å²) in [5.41, 5.74) is 6.01. The maximum absolute atomic E-state index is 3.64. The van der Waals surface area contributed by atoms with Crippen LogP contribution in [-0.2, 0) is 0 Å². The molecule has 0 aliphatic heterocycles. The number of fused-ring (bicyclic) bond motifs is 6. The Morgan fingerprint density at radius 2 is 1.21 bits per heavy atom. The third-order valence-corrected chi connectivity index (χ3v) is 8.56. The van der Waals surface area contributed by atoms with Crippen LogP contribution < -0.4 is 0 Å². The zero-order chi connectivity index (χ0) is 22.8. The molecule has 162 valence electrons. The van der Waals surface area contributed by atoms with Gasteiger partial charge in [0.2, 0.25) is 0 Å². The Hall–Kier alpha value is -2.92. The van der Waals surface area contributed by atoms with Crippen molar-refractivity contribution in [1.29, 1.82) is 0 Å². The van der Waals surface area contributed by atoms with E-state index in [9.17, 15) is 0 Å². The van der Waals surface area contributed by atoms with Gasteiger partial charge in [-0.25, -0.2) is 0 Å². The van der Waals surface area contributed by atoms with Gasteiger partial charge in [-0.15, -0.1) is 11.3 Å². The first-order valence-corrected chi connectivity index (χ1v) is 13.5. The number of rotatable bonds is 2. The van der Waals surface area contributed by atoms with Crippen molar-refractivity contribution < 1.29 is 0 Å². The van der Waals surface area contributed by atoms with Crippen molar-refractivity contribution in [2.45, 2.75) is 0 Å². The first kappa shape index (κ1) is 20.5. The second kappa shape index (κ2) is 7.81. The molecule has 7 rings (SSSR count). The minimum atomic E-state index is 1.06. The number of thiophene rings is 1. The molecule has 1 nitrogen and oxygen atoms in total. The Kier molecular flexibility index (Phi) is 4.70. The molecule has 0 fully saturated rings. The molecule has 0 saturated heterocycles. The summed E-state index contributed by atoms with van der Waals surface area (Å²) in [6, 6.07) is 37.5. The maximum Gasteiger partial charge on any atom is 0.0547 e.